The van der Waals surface area contributed by atoms with Crippen molar-refractivity contribution in [1.29, 1.82) is 0 Å². The highest BCUT2D eigenvalue weighted by molar-refractivity contribution is 5.91. The summed E-state index contributed by atoms with van der Waals surface area (Å²) in [5.41, 5.74) is 3.64. The summed E-state index contributed by atoms with van der Waals surface area (Å²) in [6.45, 7) is 3.53. The van der Waals surface area contributed by atoms with Crippen LogP contribution in [-0.2, 0) is 4.79 Å². The maximum atomic E-state index is 11.9. The summed E-state index contributed by atoms with van der Waals surface area (Å²) in [5.74, 6) is 0.305. The van der Waals surface area contributed by atoms with E-state index in [0.717, 1.165) is 31.7 Å². The molecule has 130 valence electrons. The van der Waals surface area contributed by atoms with Crippen molar-refractivity contribution in [2.45, 2.75) is 0 Å². The number of nitrogens with zero attached hydrogens (tertiary/aromatic N) is 2. The third-order valence-corrected chi connectivity index (χ3v) is 3.40. The average molecular weight is 364 g/mol. The minimum Gasteiger partial charge on any atom is -0.504 e. The smallest absolute Gasteiger partial charge is 0.258 e. The van der Waals surface area contributed by atoms with Crippen molar-refractivity contribution in [1.82, 2.24) is 15.3 Å². The fourth-order valence-electron chi connectivity index (χ4n) is 2.08. The van der Waals surface area contributed by atoms with E-state index >= 15 is 0 Å². The van der Waals surface area contributed by atoms with E-state index in [-0.39, 0.29) is 36.5 Å². The van der Waals surface area contributed by atoms with E-state index in [1.165, 1.54) is 19.3 Å². The molecule has 8 heteroatoms. The molecule has 1 saturated heterocycles. The van der Waals surface area contributed by atoms with Crippen LogP contribution in [0.1, 0.15) is 5.56 Å². The number of carbonyl (C=O) groups excluding carboxylic acids is 1. The number of nitrogens with one attached hydrogen (secondary N) is 1. The molecule has 1 aliphatic heterocycles. The van der Waals surface area contributed by atoms with Crippen LogP contribution >= 0.6 is 24.8 Å². The van der Waals surface area contributed by atoms with Gasteiger partial charge in [0.1, 0.15) is 0 Å². The summed E-state index contributed by atoms with van der Waals surface area (Å²) in [5, 5.41) is 11.4. The molecule has 0 bridgehead atoms. The first kappa shape index (κ1) is 21.5. The minimum absolute atomic E-state index is 0. The number of halogens is 2. The first-order valence-electron chi connectivity index (χ1n) is 6.87. The summed E-state index contributed by atoms with van der Waals surface area (Å²) in [6.07, 6.45) is 3.16. The van der Waals surface area contributed by atoms with Crippen LogP contribution in [0.4, 0.5) is 0 Å². The molecule has 1 amide bonds. The van der Waals surface area contributed by atoms with Gasteiger partial charge in [-0.1, -0.05) is 6.07 Å². The van der Waals surface area contributed by atoms with Gasteiger partial charge in [0.25, 0.3) is 5.91 Å². The SMILES string of the molecule is COc1cc(/C=C/C(=O)NN2CCN(C)CC2)ccc1O.Cl.Cl. The topological polar surface area (TPSA) is 65.0 Å². The highest BCUT2D eigenvalue weighted by Crippen LogP contribution is 2.26. The third kappa shape index (κ3) is 6.66. The molecular formula is C15H23Cl2N3O3. The second kappa shape index (κ2) is 10.3. The summed E-state index contributed by atoms with van der Waals surface area (Å²) < 4.78 is 5.03. The van der Waals surface area contributed by atoms with Crippen molar-refractivity contribution in [3.8, 4) is 11.5 Å². The maximum Gasteiger partial charge on any atom is 0.258 e. The molecule has 1 fully saturated rings. The summed E-state index contributed by atoms with van der Waals surface area (Å²) in [6, 6.07) is 4.93. The number of piperazine rings is 1. The zero-order valence-electron chi connectivity index (χ0n) is 13.2. The standard InChI is InChI=1S/C15H21N3O3.2ClH/c1-17-7-9-18(10-8-17)16-15(20)6-4-12-3-5-13(19)14(11-12)21-2;;/h3-6,11,19H,7-10H2,1-2H3,(H,16,20);2*1H/b6-4+;;. The van der Waals surface area contributed by atoms with E-state index in [2.05, 4.69) is 17.4 Å². The van der Waals surface area contributed by atoms with Gasteiger partial charge in [0.15, 0.2) is 11.5 Å². The van der Waals surface area contributed by atoms with Gasteiger partial charge in [-0.25, -0.2) is 5.01 Å². The van der Waals surface area contributed by atoms with Crippen LogP contribution < -0.4 is 10.2 Å². The number of phenols is 1. The molecule has 6 nitrogen and oxygen atoms in total. The summed E-state index contributed by atoms with van der Waals surface area (Å²) >= 11 is 0. The molecule has 0 unspecified atom stereocenters. The van der Waals surface area contributed by atoms with Gasteiger partial charge in [0.05, 0.1) is 7.11 Å². The number of aromatic hydroxyl groups is 1. The molecule has 23 heavy (non-hydrogen) atoms. The Balaban J connectivity index is 0.00000242. The van der Waals surface area contributed by atoms with Gasteiger partial charge < -0.3 is 14.7 Å². The van der Waals surface area contributed by atoms with Crippen molar-refractivity contribution in [3.05, 3.63) is 29.8 Å². The minimum atomic E-state index is -0.161. The van der Waals surface area contributed by atoms with E-state index in [9.17, 15) is 9.90 Å². The van der Waals surface area contributed by atoms with Crippen LogP contribution in [0.5, 0.6) is 11.5 Å². The molecule has 0 radical (unpaired) electrons. The molecule has 1 aromatic carbocycles. The molecule has 0 aromatic heterocycles. The number of amides is 1. The first-order valence-corrected chi connectivity index (χ1v) is 6.87. The van der Waals surface area contributed by atoms with Gasteiger partial charge >= 0.3 is 0 Å². The summed E-state index contributed by atoms with van der Waals surface area (Å²) in [4.78, 5) is 14.1. The van der Waals surface area contributed by atoms with E-state index < -0.39 is 0 Å². The quantitative estimate of drug-likeness (QED) is 0.794. The number of phenolic OH excluding ortho intramolecular Hbond substituents is 1. The molecule has 1 aromatic rings. The highest BCUT2D eigenvalue weighted by Gasteiger charge is 2.14. The largest absolute Gasteiger partial charge is 0.504 e. The monoisotopic (exact) mass is 363 g/mol. The molecular weight excluding hydrogens is 341 g/mol. The zero-order valence-corrected chi connectivity index (χ0v) is 14.8. The summed E-state index contributed by atoms with van der Waals surface area (Å²) in [7, 11) is 3.56. The number of likely N-dealkylation sites (N-methyl/N-ethyl adjacent to an activating group) is 1. The van der Waals surface area contributed by atoms with E-state index in [4.69, 9.17) is 4.74 Å². The molecule has 1 aliphatic rings. The number of methoxy groups -OCH3 is 1. The Morgan fingerprint density at radius 1 is 1.26 bits per heavy atom. The van der Waals surface area contributed by atoms with Crippen LogP contribution in [0.3, 0.4) is 0 Å². The number of hydrazine groups is 1. The number of hydrogen-bond acceptors (Lipinski definition) is 5. The molecule has 0 aliphatic carbocycles. The van der Waals surface area contributed by atoms with Crippen molar-refractivity contribution in [3.63, 3.8) is 0 Å². The maximum absolute atomic E-state index is 11.9. The zero-order chi connectivity index (χ0) is 15.2. The van der Waals surface area contributed by atoms with E-state index in [1.54, 1.807) is 18.2 Å². The van der Waals surface area contributed by atoms with Crippen LogP contribution in [0.25, 0.3) is 6.08 Å². The Bertz CT molecular complexity index is 533. The Morgan fingerprint density at radius 2 is 1.91 bits per heavy atom. The Kier molecular flexibility index (Phi) is 9.67. The van der Waals surface area contributed by atoms with Crippen LogP contribution in [0.2, 0.25) is 0 Å². The van der Waals surface area contributed by atoms with Crippen LogP contribution in [0.15, 0.2) is 24.3 Å². The second-order valence-corrected chi connectivity index (χ2v) is 5.03. The fourth-order valence-corrected chi connectivity index (χ4v) is 2.08. The number of benzene rings is 1. The van der Waals surface area contributed by atoms with E-state index in [1.807, 2.05) is 5.01 Å². The predicted octanol–water partition coefficient (Wildman–Crippen LogP) is 1.54. The van der Waals surface area contributed by atoms with Crippen molar-refractivity contribution in [2.24, 2.45) is 0 Å². The third-order valence-electron chi connectivity index (χ3n) is 3.40. The van der Waals surface area contributed by atoms with Crippen molar-refractivity contribution >= 4 is 36.8 Å². The fraction of sp³-hybridized carbons (Fsp3) is 0.400. The number of hydrogen-bond donors (Lipinski definition) is 2. The van der Waals surface area contributed by atoms with Crippen LogP contribution in [-0.4, -0.2) is 61.3 Å². The van der Waals surface area contributed by atoms with Gasteiger partial charge in [-0.2, -0.15) is 0 Å². The van der Waals surface area contributed by atoms with Gasteiger partial charge in [0.2, 0.25) is 0 Å². The van der Waals surface area contributed by atoms with Crippen molar-refractivity contribution < 1.29 is 14.6 Å². The van der Waals surface area contributed by atoms with Crippen molar-refractivity contribution in [2.75, 3.05) is 40.3 Å². The van der Waals surface area contributed by atoms with E-state index in [0.29, 0.717) is 5.75 Å². The molecule has 1 heterocycles. The Labute approximate surface area is 148 Å². The first-order chi connectivity index (χ1) is 10.1. The molecule has 0 atom stereocenters. The lowest BCUT2D eigenvalue weighted by molar-refractivity contribution is -0.121. The Morgan fingerprint density at radius 3 is 2.52 bits per heavy atom. The second-order valence-electron chi connectivity index (χ2n) is 5.03. The molecule has 2 N–H and O–H groups in total. The van der Waals surface area contributed by atoms with Gasteiger partial charge in [-0.05, 0) is 30.8 Å². The lowest BCUT2D eigenvalue weighted by Gasteiger charge is -2.31. The molecule has 0 spiro atoms. The molecule has 0 saturated carbocycles. The molecule has 2 rings (SSSR count). The highest BCUT2D eigenvalue weighted by atomic mass is 35.5. The van der Waals surface area contributed by atoms with Gasteiger partial charge in [-0.3, -0.25) is 10.2 Å². The number of rotatable bonds is 4. The van der Waals surface area contributed by atoms with Gasteiger partial charge in [-0.15, -0.1) is 24.8 Å². The normalized spacial score (nSPS) is 15.6. The van der Waals surface area contributed by atoms with Crippen LogP contribution in [0, 0.1) is 0 Å². The number of carbonyl (C=O) groups is 1. The Hall–Kier alpha value is -1.47. The van der Waals surface area contributed by atoms with Gasteiger partial charge in [0, 0.05) is 32.3 Å². The lowest BCUT2D eigenvalue weighted by Crippen LogP contribution is -2.52. The lowest BCUT2D eigenvalue weighted by atomic mass is 10.2. The number of ether oxygens (including phenoxy) is 1. The average Bonchev–Trinajstić information content (AvgIpc) is 2.49. The predicted molar refractivity (Wildman–Crippen MR) is 95.4 cm³/mol.